The molecule has 0 aliphatic rings. The summed E-state index contributed by atoms with van der Waals surface area (Å²) in [6.07, 6.45) is 1.03. The first kappa shape index (κ1) is 23.2. The zero-order chi connectivity index (χ0) is 21.8. The molecule has 10 heteroatoms. The van der Waals surface area contributed by atoms with Crippen molar-refractivity contribution in [2.45, 2.75) is 13.8 Å². The average molecular weight is 504 g/mol. The highest BCUT2D eigenvalue weighted by Gasteiger charge is 2.22. The van der Waals surface area contributed by atoms with Crippen LogP contribution in [0.1, 0.15) is 22.8 Å². The molecule has 1 N–H and O–H groups in total. The van der Waals surface area contributed by atoms with Gasteiger partial charge in [0, 0.05) is 4.47 Å². The second-order valence-electron chi connectivity index (χ2n) is 6.17. The number of rotatable bonds is 7. The highest BCUT2D eigenvalue weighted by Crippen LogP contribution is 2.26. The lowest BCUT2D eigenvalue weighted by molar-refractivity contribution is -0.114. The van der Waals surface area contributed by atoms with Crippen LogP contribution in [0.3, 0.4) is 0 Å². The Balaban J connectivity index is 2.20. The Kier molecular flexibility index (Phi) is 7.67. The Hall–Kier alpha value is -2.10. The van der Waals surface area contributed by atoms with Gasteiger partial charge in [0.25, 0.3) is 0 Å². The molecule has 0 spiro atoms. The summed E-state index contributed by atoms with van der Waals surface area (Å²) < 4.78 is 31.2. The van der Waals surface area contributed by atoms with E-state index in [2.05, 4.69) is 21.2 Å². The summed E-state index contributed by atoms with van der Waals surface area (Å²) in [6.45, 7) is 3.30. The largest absolute Gasteiger partial charge is 0.462 e. The SMILES string of the molecule is CCOC(=O)c1ccc(NC(=O)CN(c2ccc(Br)c(C)c2)S(C)(=O)=O)c(Cl)c1. The number of carbonyl (C=O) groups excluding carboxylic acids is 2. The van der Waals surface area contributed by atoms with Crippen molar-refractivity contribution in [3.8, 4) is 0 Å². The lowest BCUT2D eigenvalue weighted by Crippen LogP contribution is -2.37. The number of nitrogens with zero attached hydrogens (tertiary/aromatic N) is 1. The van der Waals surface area contributed by atoms with E-state index in [4.69, 9.17) is 16.3 Å². The Bertz CT molecular complexity index is 1040. The molecule has 0 bridgehead atoms. The molecular formula is C19H20BrClN2O5S. The van der Waals surface area contributed by atoms with Crippen LogP contribution in [-0.4, -0.2) is 39.7 Å². The van der Waals surface area contributed by atoms with Crippen LogP contribution in [0.15, 0.2) is 40.9 Å². The molecule has 2 rings (SSSR count). The number of hydrogen-bond donors (Lipinski definition) is 1. The van der Waals surface area contributed by atoms with E-state index in [0.717, 1.165) is 20.6 Å². The van der Waals surface area contributed by atoms with E-state index in [1.165, 1.54) is 18.2 Å². The van der Waals surface area contributed by atoms with Crippen LogP contribution in [-0.2, 0) is 19.6 Å². The molecule has 0 radical (unpaired) electrons. The molecular weight excluding hydrogens is 484 g/mol. The fourth-order valence-corrected chi connectivity index (χ4v) is 3.78. The standard InChI is InChI=1S/C19H20BrClN2O5S/c1-4-28-19(25)13-5-8-17(16(21)10-13)22-18(24)11-23(29(3,26)27)14-6-7-15(20)12(2)9-14/h5-10H,4,11H2,1-3H3,(H,22,24). The number of anilines is 2. The first-order valence-electron chi connectivity index (χ1n) is 8.53. The van der Waals surface area contributed by atoms with Gasteiger partial charge in [-0.1, -0.05) is 27.5 Å². The van der Waals surface area contributed by atoms with Gasteiger partial charge >= 0.3 is 5.97 Å². The zero-order valence-electron chi connectivity index (χ0n) is 16.0. The normalized spacial score (nSPS) is 11.1. The van der Waals surface area contributed by atoms with E-state index in [-0.39, 0.29) is 22.9 Å². The number of aryl methyl sites for hydroxylation is 1. The van der Waals surface area contributed by atoms with E-state index < -0.39 is 28.4 Å². The number of sulfonamides is 1. The van der Waals surface area contributed by atoms with Crippen LogP contribution in [0.5, 0.6) is 0 Å². The summed E-state index contributed by atoms with van der Waals surface area (Å²) >= 11 is 9.50. The molecule has 0 unspecified atom stereocenters. The van der Waals surface area contributed by atoms with E-state index in [1.54, 1.807) is 25.1 Å². The van der Waals surface area contributed by atoms with Crippen molar-refractivity contribution in [1.29, 1.82) is 0 Å². The minimum absolute atomic E-state index is 0.134. The fourth-order valence-electron chi connectivity index (χ4n) is 2.46. The van der Waals surface area contributed by atoms with Crippen LogP contribution in [0, 0.1) is 6.92 Å². The van der Waals surface area contributed by atoms with Crippen molar-refractivity contribution >= 4 is 60.8 Å². The van der Waals surface area contributed by atoms with Crippen LogP contribution in [0.25, 0.3) is 0 Å². The first-order chi connectivity index (χ1) is 13.5. The van der Waals surface area contributed by atoms with Crippen LogP contribution < -0.4 is 9.62 Å². The number of esters is 1. The van der Waals surface area contributed by atoms with Crippen LogP contribution in [0.2, 0.25) is 5.02 Å². The van der Waals surface area contributed by atoms with Gasteiger partial charge in [-0.05, 0) is 55.8 Å². The maximum atomic E-state index is 12.5. The molecule has 0 saturated heterocycles. The van der Waals surface area contributed by atoms with Gasteiger partial charge in [0.2, 0.25) is 15.9 Å². The zero-order valence-corrected chi connectivity index (χ0v) is 19.2. The Morgan fingerprint density at radius 1 is 1.21 bits per heavy atom. The number of benzene rings is 2. The summed E-state index contributed by atoms with van der Waals surface area (Å²) in [5, 5.41) is 2.70. The van der Waals surface area contributed by atoms with Gasteiger partial charge in [-0.3, -0.25) is 9.10 Å². The van der Waals surface area contributed by atoms with Gasteiger partial charge in [-0.25, -0.2) is 13.2 Å². The fraction of sp³-hybridized carbons (Fsp3) is 0.263. The molecule has 156 valence electrons. The smallest absolute Gasteiger partial charge is 0.338 e. The molecule has 0 heterocycles. The van der Waals surface area contributed by atoms with E-state index >= 15 is 0 Å². The van der Waals surface area contributed by atoms with Crippen molar-refractivity contribution in [1.82, 2.24) is 0 Å². The Labute approximate surface area is 183 Å². The van der Waals surface area contributed by atoms with Crippen molar-refractivity contribution in [2.24, 2.45) is 0 Å². The monoisotopic (exact) mass is 502 g/mol. The highest BCUT2D eigenvalue weighted by atomic mass is 79.9. The van der Waals surface area contributed by atoms with Crippen molar-refractivity contribution in [3.05, 3.63) is 57.0 Å². The minimum atomic E-state index is -3.71. The molecule has 0 aliphatic heterocycles. The van der Waals surface area contributed by atoms with Crippen molar-refractivity contribution < 1.29 is 22.7 Å². The minimum Gasteiger partial charge on any atom is -0.462 e. The number of halogens is 2. The topological polar surface area (TPSA) is 92.8 Å². The highest BCUT2D eigenvalue weighted by molar-refractivity contribution is 9.10. The molecule has 7 nitrogen and oxygen atoms in total. The van der Waals surface area contributed by atoms with Crippen molar-refractivity contribution in [3.63, 3.8) is 0 Å². The van der Waals surface area contributed by atoms with Gasteiger partial charge in [-0.15, -0.1) is 0 Å². The predicted octanol–water partition coefficient (Wildman–Crippen LogP) is 3.99. The summed E-state index contributed by atoms with van der Waals surface area (Å²) in [4.78, 5) is 24.2. The third-order valence-corrected chi connectivity index (χ3v) is 6.21. The predicted molar refractivity (Wildman–Crippen MR) is 117 cm³/mol. The lowest BCUT2D eigenvalue weighted by Gasteiger charge is -2.22. The summed E-state index contributed by atoms with van der Waals surface area (Å²) in [5.41, 5.74) is 1.70. The second kappa shape index (κ2) is 9.60. The van der Waals surface area contributed by atoms with Crippen molar-refractivity contribution in [2.75, 3.05) is 29.0 Å². The van der Waals surface area contributed by atoms with E-state index in [9.17, 15) is 18.0 Å². The average Bonchev–Trinajstić information content (AvgIpc) is 2.63. The number of nitrogens with one attached hydrogen (secondary N) is 1. The Morgan fingerprint density at radius 2 is 1.90 bits per heavy atom. The van der Waals surface area contributed by atoms with Gasteiger partial charge in [0.05, 0.1) is 34.8 Å². The van der Waals surface area contributed by atoms with E-state index in [1.807, 2.05) is 6.92 Å². The van der Waals surface area contributed by atoms with Gasteiger partial charge < -0.3 is 10.1 Å². The molecule has 0 saturated carbocycles. The van der Waals surface area contributed by atoms with Gasteiger partial charge in [0.15, 0.2) is 0 Å². The molecule has 2 aromatic carbocycles. The lowest BCUT2D eigenvalue weighted by atomic mass is 10.2. The maximum Gasteiger partial charge on any atom is 0.338 e. The number of hydrogen-bond acceptors (Lipinski definition) is 5. The quantitative estimate of drug-likeness (QED) is 0.577. The number of ether oxygens (including phenoxy) is 1. The molecule has 1 amide bonds. The number of carbonyl (C=O) groups is 2. The third-order valence-electron chi connectivity index (χ3n) is 3.87. The molecule has 0 fully saturated rings. The first-order valence-corrected chi connectivity index (χ1v) is 11.5. The van der Waals surface area contributed by atoms with Crippen LogP contribution in [0.4, 0.5) is 11.4 Å². The molecule has 29 heavy (non-hydrogen) atoms. The summed E-state index contributed by atoms with van der Waals surface area (Å²) in [6, 6.07) is 9.28. The second-order valence-corrected chi connectivity index (χ2v) is 9.33. The van der Waals surface area contributed by atoms with Crippen LogP contribution >= 0.6 is 27.5 Å². The van der Waals surface area contributed by atoms with Gasteiger partial charge in [0.1, 0.15) is 6.54 Å². The Morgan fingerprint density at radius 3 is 2.45 bits per heavy atom. The van der Waals surface area contributed by atoms with E-state index in [0.29, 0.717) is 5.69 Å². The third kappa shape index (κ3) is 6.19. The summed E-state index contributed by atoms with van der Waals surface area (Å²) in [7, 11) is -3.71. The summed E-state index contributed by atoms with van der Waals surface area (Å²) in [5.74, 6) is -1.11. The molecule has 2 aromatic rings. The molecule has 0 aliphatic carbocycles. The molecule has 0 atom stereocenters. The maximum absolute atomic E-state index is 12.5. The number of amides is 1. The molecule has 0 aromatic heterocycles. The van der Waals surface area contributed by atoms with Gasteiger partial charge in [-0.2, -0.15) is 0 Å².